The van der Waals surface area contributed by atoms with Gasteiger partial charge in [-0.15, -0.1) is 0 Å². The summed E-state index contributed by atoms with van der Waals surface area (Å²) in [6.45, 7) is 0.877. The van der Waals surface area contributed by atoms with Gasteiger partial charge in [0.2, 0.25) is 53.2 Å². The molecule has 0 aromatic heterocycles. The predicted molar refractivity (Wildman–Crippen MR) is 348 cm³/mol. The van der Waals surface area contributed by atoms with Gasteiger partial charge in [0, 0.05) is 39.1 Å². The second-order valence-electron chi connectivity index (χ2n) is 21.5. The van der Waals surface area contributed by atoms with Gasteiger partial charge in [-0.25, -0.2) is 4.79 Å². The summed E-state index contributed by atoms with van der Waals surface area (Å²) in [5.74, 6) is -10.5. The first kappa shape index (κ1) is 82.9. The molecule has 0 radical (unpaired) electrons. The van der Waals surface area contributed by atoms with Crippen LogP contribution < -0.4 is 129 Å². The third kappa shape index (κ3) is 39.8. The quantitative estimate of drug-likeness (QED) is 0.0153. The first-order chi connectivity index (χ1) is 43.6. The summed E-state index contributed by atoms with van der Waals surface area (Å²) in [6, 6.07) is -12.5. The molecule has 0 aromatic carbocycles. The molecule has 0 aliphatic heterocycles. The average molecular weight is 1310 g/mol. The number of carbonyl (C=O) groups excluding carboxylic acids is 9. The summed E-state index contributed by atoms with van der Waals surface area (Å²) in [5, 5.41) is 30.8. The number of primary amides is 1. The highest BCUT2D eigenvalue weighted by Crippen LogP contribution is 2.12. The maximum absolute atomic E-state index is 14.6. The highest BCUT2D eigenvalue weighted by atomic mass is 16.4. The van der Waals surface area contributed by atoms with E-state index in [1.165, 1.54) is 0 Å². The fraction of sp³-hybridized carbons (Fsp3) is 0.717. The minimum Gasteiger partial charge on any atom is -0.480 e. The molecule has 39 heteroatoms. The lowest BCUT2D eigenvalue weighted by molar-refractivity contribution is -0.142. The van der Waals surface area contributed by atoms with Gasteiger partial charge in [-0.1, -0.05) is 0 Å². The van der Waals surface area contributed by atoms with Gasteiger partial charge < -0.3 is 134 Å². The minimum atomic E-state index is -1.66. The number of carboxylic acids is 1. The molecule has 0 saturated heterocycles. The highest BCUT2D eigenvalue weighted by Gasteiger charge is 2.35. The number of nitrogens with one attached hydrogen (secondary N) is 8. The number of rotatable bonds is 52. The summed E-state index contributed by atoms with van der Waals surface area (Å²) >= 11 is 0. The van der Waals surface area contributed by atoms with E-state index < -0.39 is 126 Å². The van der Waals surface area contributed by atoms with E-state index in [-0.39, 0.29) is 159 Å². The second kappa shape index (κ2) is 48.7. The van der Waals surface area contributed by atoms with E-state index in [0.29, 0.717) is 45.1 Å². The molecule has 0 saturated carbocycles. The fourth-order valence-electron chi connectivity index (χ4n) is 8.75. The number of nitrogens with zero attached hydrogens (tertiary/aromatic N) is 5. The van der Waals surface area contributed by atoms with Crippen molar-refractivity contribution in [3.63, 3.8) is 0 Å². The summed E-state index contributed by atoms with van der Waals surface area (Å²) in [5.41, 5.74) is 83.7. The molecule has 0 bridgehead atoms. The Kier molecular flexibility index (Phi) is 43.9. The highest BCUT2D eigenvalue weighted by molar-refractivity contribution is 5.98. The van der Waals surface area contributed by atoms with E-state index >= 15 is 0 Å². The molecule has 0 spiro atoms. The normalized spacial score (nSPS) is 13.7. The number of guanidine groups is 5. The summed E-state index contributed by atoms with van der Waals surface area (Å²) in [7, 11) is 0. The Morgan fingerprint density at radius 1 is 0.283 bits per heavy atom. The Morgan fingerprint density at radius 2 is 0.489 bits per heavy atom. The van der Waals surface area contributed by atoms with Gasteiger partial charge in [-0.05, 0) is 148 Å². The summed E-state index contributed by atoms with van der Waals surface area (Å²) in [4.78, 5) is 158. The molecule has 9 atom stereocenters. The molecule has 524 valence electrons. The molecule has 9 amide bonds. The van der Waals surface area contributed by atoms with Gasteiger partial charge in [0.25, 0.3) is 0 Å². The van der Waals surface area contributed by atoms with Crippen molar-refractivity contribution in [1.82, 2.24) is 42.5 Å². The molecule has 0 rings (SSSR count). The fourth-order valence-corrected chi connectivity index (χ4v) is 8.75. The Labute approximate surface area is 535 Å². The van der Waals surface area contributed by atoms with Crippen molar-refractivity contribution in [2.45, 2.75) is 189 Å². The SMILES string of the molecule is NCCCC[C@H](NC(=O)[C@H](N)CCCN=C(N)N)C(=O)N[C@@H](CCCCN)C(=O)N[C@@H](CCCCN)C(=O)N[C@H](CCCN=C(N)N)C(=O)N[C@@H](CCC(N)=O)C(=O)N[C@@H](CCCN=C(N)N)C(=O)N[C@@H](CCCN=C(N)N)C(=O)N[C@H](CCCN=C(N)N)C(=O)O. The first-order valence-corrected chi connectivity index (χ1v) is 30.6. The lowest BCUT2D eigenvalue weighted by atomic mass is 10.0. The molecule has 39 N–H and O–H groups in total. The number of nitrogens with two attached hydrogens (primary N) is 15. The molecule has 0 fully saturated rings. The van der Waals surface area contributed by atoms with Crippen molar-refractivity contribution >= 4 is 88.9 Å². The van der Waals surface area contributed by atoms with E-state index in [9.17, 15) is 53.1 Å². The molecular formula is C53H106N28O11. The Balaban J connectivity index is 7.33. The zero-order valence-electron chi connectivity index (χ0n) is 52.6. The van der Waals surface area contributed by atoms with Crippen molar-refractivity contribution in [2.24, 2.45) is 111 Å². The number of hydrogen-bond acceptors (Lipinski definition) is 19. The van der Waals surface area contributed by atoms with Crippen LogP contribution in [-0.4, -0.2) is 201 Å². The smallest absolute Gasteiger partial charge is 0.326 e. The van der Waals surface area contributed by atoms with Crippen LogP contribution in [0.25, 0.3) is 0 Å². The first-order valence-electron chi connectivity index (χ1n) is 30.6. The predicted octanol–water partition coefficient (Wildman–Crippen LogP) is -9.80. The number of aliphatic carboxylic acids is 1. The van der Waals surface area contributed by atoms with Crippen LogP contribution in [0.3, 0.4) is 0 Å². The van der Waals surface area contributed by atoms with Gasteiger partial charge in [0.1, 0.15) is 48.3 Å². The van der Waals surface area contributed by atoms with Gasteiger partial charge in [0.15, 0.2) is 29.8 Å². The molecule has 0 heterocycles. The molecule has 0 aliphatic rings. The summed E-state index contributed by atoms with van der Waals surface area (Å²) in [6.07, 6.45) is 1.70. The number of aliphatic imine (C=N–C) groups is 5. The lowest BCUT2D eigenvalue weighted by Gasteiger charge is -2.28. The molecule has 39 nitrogen and oxygen atoms in total. The third-order valence-electron chi connectivity index (χ3n) is 13.7. The third-order valence-corrected chi connectivity index (χ3v) is 13.7. The number of amides is 9. The molecule has 0 aromatic rings. The van der Waals surface area contributed by atoms with E-state index in [1.54, 1.807) is 0 Å². The second-order valence-corrected chi connectivity index (χ2v) is 21.5. The van der Waals surface area contributed by atoms with Crippen molar-refractivity contribution < 1.29 is 53.1 Å². The van der Waals surface area contributed by atoms with Crippen LogP contribution in [0.4, 0.5) is 0 Å². The van der Waals surface area contributed by atoms with Gasteiger partial charge in [-0.2, -0.15) is 0 Å². The van der Waals surface area contributed by atoms with Crippen molar-refractivity contribution in [3.05, 3.63) is 0 Å². The van der Waals surface area contributed by atoms with Crippen LogP contribution in [-0.2, 0) is 47.9 Å². The standard InChI is InChI=1S/C53H106N28O11/c54-22-4-1-13-31(74-40(83)30(57)12-7-25-69-49(59)60)41(84)75-32(14-2-5-23-55)42(85)76-33(15-3-6-24-56)43(86)77-35(17-9-27-71-51(63)64)45(88)80-37(20-21-39(58)82)47(90)79-34(16-8-26-70-50(61)62)44(87)78-36(18-10-28-72-52(65)66)46(89)81-38(48(91)92)19-11-29-73-53(67)68/h30-38H,1-29,54-57H2,(H2,58,82)(H,74,83)(H,75,84)(H,76,85)(H,77,86)(H,78,87)(H,79,90)(H,80,88)(H,81,89)(H,91,92)(H4,59,60,69)(H4,61,62,70)(H4,63,64,71)(H4,65,66,72)(H4,67,68,73)/t30-,31+,32+,33+,34+,35-,36+,37+,38-/m1/s1. The van der Waals surface area contributed by atoms with Crippen molar-refractivity contribution in [2.75, 3.05) is 52.4 Å². The number of hydrogen-bond donors (Lipinski definition) is 24. The number of carbonyl (C=O) groups is 10. The van der Waals surface area contributed by atoms with Crippen molar-refractivity contribution in [1.29, 1.82) is 0 Å². The minimum absolute atomic E-state index is 0.0129. The number of unbranched alkanes of at least 4 members (excludes halogenated alkanes) is 3. The Bertz CT molecular complexity index is 2450. The van der Waals surface area contributed by atoms with E-state index in [2.05, 4.69) is 67.5 Å². The van der Waals surface area contributed by atoms with Crippen LogP contribution in [0.2, 0.25) is 0 Å². The molecule has 92 heavy (non-hydrogen) atoms. The lowest BCUT2D eigenvalue weighted by Crippen LogP contribution is -2.60. The average Bonchev–Trinajstić information content (AvgIpc) is 1.25. The summed E-state index contributed by atoms with van der Waals surface area (Å²) < 4.78 is 0. The van der Waals surface area contributed by atoms with Crippen LogP contribution in [0.15, 0.2) is 25.0 Å². The maximum Gasteiger partial charge on any atom is 0.326 e. The maximum atomic E-state index is 14.6. The van der Waals surface area contributed by atoms with Crippen LogP contribution in [0.5, 0.6) is 0 Å². The van der Waals surface area contributed by atoms with E-state index in [4.69, 9.17) is 86.0 Å². The van der Waals surface area contributed by atoms with Gasteiger partial charge >= 0.3 is 5.97 Å². The van der Waals surface area contributed by atoms with Crippen LogP contribution in [0.1, 0.15) is 135 Å². The Hall–Kier alpha value is -9.11. The number of carboxylic acid groups (broad SMARTS) is 1. The van der Waals surface area contributed by atoms with Crippen LogP contribution in [0, 0.1) is 0 Å². The zero-order chi connectivity index (χ0) is 69.6. The molecular weight excluding hydrogens is 1200 g/mol. The topological polar surface area (TPSA) is 739 Å². The molecule has 0 aliphatic carbocycles. The van der Waals surface area contributed by atoms with E-state index in [0.717, 1.165) is 0 Å². The van der Waals surface area contributed by atoms with Gasteiger partial charge in [-0.3, -0.25) is 68.1 Å². The Morgan fingerprint density at radius 3 is 0.717 bits per heavy atom. The van der Waals surface area contributed by atoms with Crippen molar-refractivity contribution in [3.8, 4) is 0 Å². The zero-order valence-corrected chi connectivity index (χ0v) is 52.6. The van der Waals surface area contributed by atoms with E-state index in [1.807, 2.05) is 0 Å². The van der Waals surface area contributed by atoms with Crippen LogP contribution >= 0.6 is 0 Å². The largest absolute Gasteiger partial charge is 0.480 e. The molecule has 0 unspecified atom stereocenters. The monoisotopic (exact) mass is 1310 g/mol. The van der Waals surface area contributed by atoms with Gasteiger partial charge in [0.05, 0.1) is 6.04 Å².